The summed E-state index contributed by atoms with van der Waals surface area (Å²) < 4.78 is 4.93. The van der Waals surface area contributed by atoms with Gasteiger partial charge in [-0.15, -0.1) is 0 Å². The van der Waals surface area contributed by atoms with Gasteiger partial charge in [0.2, 0.25) is 0 Å². The van der Waals surface area contributed by atoms with Gasteiger partial charge in [-0.2, -0.15) is 0 Å². The first-order valence-electron chi connectivity index (χ1n) is 3.50. The number of hydrogen-bond acceptors (Lipinski definition) is 1. The lowest BCUT2D eigenvalue weighted by Gasteiger charge is -2.03. The monoisotopic (exact) mass is 272 g/mol. The van der Waals surface area contributed by atoms with Crippen LogP contribution in [0.4, 0.5) is 0 Å². The number of hydrogen-bond donors (Lipinski definition) is 0. The van der Waals surface area contributed by atoms with Crippen LogP contribution in [0.15, 0.2) is 0 Å². The molecule has 0 saturated heterocycles. The molecular formula is C7H14Br2O. The van der Waals surface area contributed by atoms with Crippen molar-refractivity contribution >= 4 is 31.9 Å². The lowest BCUT2D eigenvalue weighted by atomic mass is 10.2. The van der Waals surface area contributed by atoms with Gasteiger partial charge in [-0.3, -0.25) is 0 Å². The predicted molar refractivity (Wildman–Crippen MR) is 52.2 cm³/mol. The Morgan fingerprint density at radius 2 is 2.10 bits per heavy atom. The lowest BCUT2D eigenvalue weighted by molar-refractivity contribution is 0.192. The van der Waals surface area contributed by atoms with Crippen molar-refractivity contribution in [1.82, 2.24) is 0 Å². The molecule has 0 rings (SSSR count). The molecule has 0 bridgehead atoms. The van der Waals surface area contributed by atoms with E-state index >= 15 is 0 Å². The molecule has 0 aliphatic carbocycles. The van der Waals surface area contributed by atoms with E-state index < -0.39 is 0 Å². The van der Waals surface area contributed by atoms with Crippen molar-refractivity contribution in [1.29, 1.82) is 0 Å². The van der Waals surface area contributed by atoms with E-state index in [0.29, 0.717) is 4.83 Å². The quantitative estimate of drug-likeness (QED) is 0.534. The summed E-state index contributed by atoms with van der Waals surface area (Å²) >= 11 is 6.95. The summed E-state index contributed by atoms with van der Waals surface area (Å²) in [6, 6.07) is 0. The minimum atomic E-state index is 0.629. The molecule has 0 aromatic heterocycles. The molecular weight excluding hydrogens is 260 g/mol. The molecule has 62 valence electrons. The first-order chi connectivity index (χ1) is 4.81. The minimum absolute atomic E-state index is 0.629. The Bertz CT molecular complexity index is 68.6. The van der Waals surface area contributed by atoms with E-state index in [2.05, 4.69) is 31.9 Å². The fourth-order valence-corrected chi connectivity index (χ4v) is 1.34. The van der Waals surface area contributed by atoms with Gasteiger partial charge in [-0.1, -0.05) is 38.3 Å². The van der Waals surface area contributed by atoms with Gasteiger partial charge < -0.3 is 4.74 Å². The van der Waals surface area contributed by atoms with Gasteiger partial charge in [0.25, 0.3) is 0 Å². The van der Waals surface area contributed by atoms with Crippen LogP contribution < -0.4 is 0 Å². The first kappa shape index (κ1) is 10.9. The van der Waals surface area contributed by atoms with E-state index in [0.717, 1.165) is 11.9 Å². The van der Waals surface area contributed by atoms with Crippen LogP contribution in [0.5, 0.6) is 0 Å². The van der Waals surface area contributed by atoms with Crippen LogP contribution in [0, 0.1) is 0 Å². The maximum absolute atomic E-state index is 4.93. The molecule has 0 radical (unpaired) electrons. The van der Waals surface area contributed by atoms with Crippen molar-refractivity contribution in [3.63, 3.8) is 0 Å². The Hall–Kier alpha value is 0.920. The molecule has 0 fully saturated rings. The molecule has 1 unspecified atom stereocenters. The Balaban J connectivity index is 2.89. The van der Waals surface area contributed by atoms with Crippen LogP contribution in [0.1, 0.15) is 19.3 Å². The zero-order valence-corrected chi connectivity index (χ0v) is 9.45. The molecule has 0 amide bonds. The Morgan fingerprint density at radius 1 is 1.40 bits per heavy atom. The summed E-state index contributed by atoms with van der Waals surface area (Å²) in [5.41, 5.74) is 0. The topological polar surface area (TPSA) is 9.23 Å². The van der Waals surface area contributed by atoms with Crippen molar-refractivity contribution in [3.8, 4) is 0 Å². The number of unbranched alkanes of at least 4 members (excludes halogenated alkanes) is 1. The van der Waals surface area contributed by atoms with Crippen molar-refractivity contribution in [2.45, 2.75) is 24.1 Å². The van der Waals surface area contributed by atoms with Crippen molar-refractivity contribution in [2.24, 2.45) is 0 Å². The van der Waals surface area contributed by atoms with Crippen molar-refractivity contribution in [3.05, 3.63) is 0 Å². The largest absolute Gasteiger partial charge is 0.385 e. The molecule has 0 saturated carbocycles. The van der Waals surface area contributed by atoms with Crippen molar-refractivity contribution in [2.75, 3.05) is 19.0 Å². The highest BCUT2D eigenvalue weighted by Gasteiger charge is 1.99. The third-order valence-electron chi connectivity index (χ3n) is 1.28. The summed E-state index contributed by atoms with van der Waals surface area (Å²) in [4.78, 5) is 0.629. The number of halogens is 2. The van der Waals surface area contributed by atoms with Crippen LogP contribution in [0.3, 0.4) is 0 Å². The summed E-state index contributed by atoms with van der Waals surface area (Å²) in [7, 11) is 1.75. The lowest BCUT2D eigenvalue weighted by Crippen LogP contribution is -1.99. The number of alkyl halides is 2. The highest BCUT2D eigenvalue weighted by atomic mass is 79.9. The predicted octanol–water partition coefficient (Wildman–Crippen LogP) is 2.96. The minimum Gasteiger partial charge on any atom is -0.385 e. The summed E-state index contributed by atoms with van der Waals surface area (Å²) in [6.45, 7) is 0.891. The van der Waals surface area contributed by atoms with Crippen molar-refractivity contribution < 1.29 is 4.74 Å². The maximum atomic E-state index is 4.93. The molecule has 0 N–H and O–H groups in total. The van der Waals surface area contributed by atoms with Gasteiger partial charge in [-0.25, -0.2) is 0 Å². The smallest absolute Gasteiger partial charge is 0.0462 e. The van der Waals surface area contributed by atoms with E-state index in [9.17, 15) is 0 Å². The first-order valence-corrected chi connectivity index (χ1v) is 5.54. The fourth-order valence-electron chi connectivity index (χ4n) is 0.689. The summed E-state index contributed by atoms with van der Waals surface area (Å²) in [6.07, 6.45) is 3.65. The third kappa shape index (κ3) is 7.03. The van der Waals surface area contributed by atoms with Crippen LogP contribution in [-0.4, -0.2) is 23.9 Å². The van der Waals surface area contributed by atoms with Crippen LogP contribution >= 0.6 is 31.9 Å². The standard InChI is InChI=1S/C7H14Br2O/c1-10-5-3-2-4-7(9)6-8/h7H,2-6H2,1H3. The molecule has 0 aromatic carbocycles. The van der Waals surface area contributed by atoms with E-state index in [4.69, 9.17) is 4.74 Å². The van der Waals surface area contributed by atoms with Gasteiger partial charge in [0.1, 0.15) is 0 Å². The molecule has 0 aromatic rings. The maximum Gasteiger partial charge on any atom is 0.0462 e. The second kappa shape index (κ2) is 8.02. The van der Waals surface area contributed by atoms with E-state index in [1.54, 1.807) is 7.11 Å². The number of ether oxygens (including phenoxy) is 1. The van der Waals surface area contributed by atoms with Gasteiger partial charge >= 0.3 is 0 Å². The van der Waals surface area contributed by atoms with E-state index in [1.807, 2.05) is 0 Å². The van der Waals surface area contributed by atoms with E-state index in [1.165, 1.54) is 19.3 Å². The average Bonchev–Trinajstić information content (AvgIpc) is 1.98. The Morgan fingerprint density at radius 3 is 2.60 bits per heavy atom. The van der Waals surface area contributed by atoms with Gasteiger partial charge in [0.05, 0.1) is 0 Å². The molecule has 0 aliphatic rings. The second-order valence-corrected chi connectivity index (χ2v) is 4.18. The number of rotatable bonds is 6. The molecule has 0 aliphatic heterocycles. The molecule has 3 heteroatoms. The highest BCUT2D eigenvalue weighted by Crippen LogP contribution is 2.11. The Labute approximate surface area is 79.8 Å². The zero-order valence-electron chi connectivity index (χ0n) is 6.28. The number of methoxy groups -OCH3 is 1. The molecule has 0 heterocycles. The van der Waals surface area contributed by atoms with Crippen LogP contribution in [0.2, 0.25) is 0 Å². The Kier molecular flexibility index (Phi) is 8.76. The summed E-state index contributed by atoms with van der Waals surface area (Å²) in [5.74, 6) is 0. The molecule has 10 heavy (non-hydrogen) atoms. The normalized spacial score (nSPS) is 13.5. The molecule has 0 spiro atoms. The van der Waals surface area contributed by atoms with Gasteiger partial charge in [0, 0.05) is 23.9 Å². The highest BCUT2D eigenvalue weighted by molar-refractivity contribution is 9.12. The third-order valence-corrected chi connectivity index (χ3v) is 3.72. The second-order valence-electron chi connectivity index (χ2n) is 2.24. The van der Waals surface area contributed by atoms with Crippen LogP contribution in [0.25, 0.3) is 0 Å². The van der Waals surface area contributed by atoms with Crippen LogP contribution in [-0.2, 0) is 4.74 Å². The molecule has 1 nitrogen and oxygen atoms in total. The van der Waals surface area contributed by atoms with Gasteiger partial charge in [0.15, 0.2) is 0 Å². The molecule has 1 atom stereocenters. The fraction of sp³-hybridized carbons (Fsp3) is 1.00. The SMILES string of the molecule is COCCCCC(Br)CBr. The van der Waals surface area contributed by atoms with E-state index in [-0.39, 0.29) is 0 Å². The zero-order chi connectivity index (χ0) is 7.82. The van der Waals surface area contributed by atoms with Gasteiger partial charge in [-0.05, 0) is 12.8 Å². The summed E-state index contributed by atoms with van der Waals surface area (Å²) in [5, 5.41) is 1.04. The average molecular weight is 274 g/mol.